The normalized spacial score (nSPS) is 10.5. The van der Waals surface area contributed by atoms with Crippen LogP contribution in [0.25, 0.3) is 0 Å². The third-order valence-corrected chi connectivity index (χ3v) is 2.63. The molecule has 0 saturated heterocycles. The summed E-state index contributed by atoms with van der Waals surface area (Å²) in [4.78, 5) is 0. The summed E-state index contributed by atoms with van der Waals surface area (Å²) in [5.74, 6) is 0.701. The van der Waals surface area contributed by atoms with Crippen molar-refractivity contribution in [2.75, 3.05) is 12.3 Å². The van der Waals surface area contributed by atoms with Crippen LogP contribution in [0.5, 0.6) is 5.75 Å². The van der Waals surface area contributed by atoms with Gasteiger partial charge >= 0.3 is 0 Å². The highest BCUT2D eigenvalue weighted by Gasteiger charge is 2.02. The summed E-state index contributed by atoms with van der Waals surface area (Å²) in [5.41, 5.74) is 7.33. The lowest BCUT2D eigenvalue weighted by molar-refractivity contribution is 0.291. The van der Waals surface area contributed by atoms with Crippen molar-refractivity contribution in [1.29, 1.82) is 0 Å². The van der Waals surface area contributed by atoms with Crippen LogP contribution in [0.15, 0.2) is 30.6 Å². The third kappa shape index (κ3) is 3.14. The Hall–Kier alpha value is -1.68. The molecule has 0 amide bonds. The van der Waals surface area contributed by atoms with E-state index in [0.717, 1.165) is 5.56 Å². The number of halogens is 1. The van der Waals surface area contributed by atoms with Crippen molar-refractivity contribution in [3.8, 4) is 5.75 Å². The maximum Gasteiger partial charge on any atom is 0.138 e. The van der Waals surface area contributed by atoms with Crippen molar-refractivity contribution < 1.29 is 4.74 Å². The molecule has 4 nitrogen and oxygen atoms in total. The molecule has 2 rings (SSSR count). The summed E-state index contributed by atoms with van der Waals surface area (Å²) in [6.07, 6.45) is 3.38. The van der Waals surface area contributed by atoms with E-state index in [-0.39, 0.29) is 0 Å². The first-order chi connectivity index (χ1) is 8.15. The Morgan fingerprint density at radius 2 is 2.29 bits per heavy atom. The van der Waals surface area contributed by atoms with Gasteiger partial charge in [0.2, 0.25) is 0 Å². The fourth-order valence-electron chi connectivity index (χ4n) is 1.47. The first-order valence-electron chi connectivity index (χ1n) is 5.32. The Morgan fingerprint density at radius 1 is 1.47 bits per heavy atom. The number of nitrogen functional groups attached to an aromatic ring is 1. The molecular formula is C12H14ClN3O. The highest BCUT2D eigenvalue weighted by atomic mass is 35.5. The molecule has 0 aliphatic rings. The van der Waals surface area contributed by atoms with Crippen LogP contribution in [-0.4, -0.2) is 16.4 Å². The molecule has 1 heterocycles. The first-order valence-corrected chi connectivity index (χ1v) is 5.70. The van der Waals surface area contributed by atoms with Gasteiger partial charge in [-0.3, -0.25) is 4.68 Å². The SMILES string of the molecule is Cc1ccc(Cl)c(OCCn2cc(N)cn2)c1. The molecule has 90 valence electrons. The number of nitrogens with two attached hydrogens (primary N) is 1. The number of hydrogen-bond donors (Lipinski definition) is 1. The van der Waals surface area contributed by atoms with Gasteiger partial charge in [0.25, 0.3) is 0 Å². The lowest BCUT2D eigenvalue weighted by Gasteiger charge is -2.08. The first kappa shape index (κ1) is 11.8. The maximum absolute atomic E-state index is 6.01. The van der Waals surface area contributed by atoms with E-state index in [2.05, 4.69) is 5.10 Å². The highest BCUT2D eigenvalue weighted by molar-refractivity contribution is 6.32. The van der Waals surface area contributed by atoms with Crippen LogP contribution in [0.2, 0.25) is 5.02 Å². The maximum atomic E-state index is 6.01. The molecule has 5 heteroatoms. The fourth-order valence-corrected chi connectivity index (χ4v) is 1.64. The smallest absolute Gasteiger partial charge is 0.138 e. The number of rotatable bonds is 4. The van der Waals surface area contributed by atoms with Crippen LogP contribution in [0, 0.1) is 6.92 Å². The van der Waals surface area contributed by atoms with Crippen molar-refractivity contribution in [2.24, 2.45) is 0 Å². The van der Waals surface area contributed by atoms with E-state index in [9.17, 15) is 0 Å². The van der Waals surface area contributed by atoms with Crippen molar-refractivity contribution >= 4 is 17.3 Å². The van der Waals surface area contributed by atoms with Crippen molar-refractivity contribution in [3.05, 3.63) is 41.2 Å². The number of benzene rings is 1. The summed E-state index contributed by atoms with van der Waals surface area (Å²) in [6.45, 7) is 3.14. The van der Waals surface area contributed by atoms with Gasteiger partial charge in [-0.25, -0.2) is 0 Å². The molecule has 17 heavy (non-hydrogen) atoms. The van der Waals surface area contributed by atoms with Crippen LogP contribution < -0.4 is 10.5 Å². The summed E-state index contributed by atoms with van der Waals surface area (Å²) >= 11 is 6.01. The Labute approximate surface area is 105 Å². The standard InChI is InChI=1S/C12H14ClN3O/c1-9-2-3-11(13)12(6-9)17-5-4-16-8-10(14)7-15-16/h2-3,6-8H,4-5,14H2,1H3. The lowest BCUT2D eigenvalue weighted by atomic mass is 10.2. The average molecular weight is 252 g/mol. The fraction of sp³-hybridized carbons (Fsp3) is 0.250. The highest BCUT2D eigenvalue weighted by Crippen LogP contribution is 2.25. The molecule has 0 saturated carbocycles. The number of hydrogen-bond acceptors (Lipinski definition) is 3. The van der Waals surface area contributed by atoms with Gasteiger partial charge in [0, 0.05) is 6.20 Å². The summed E-state index contributed by atoms with van der Waals surface area (Å²) in [6, 6.07) is 5.70. The predicted molar refractivity (Wildman–Crippen MR) is 68.3 cm³/mol. The molecule has 0 unspecified atom stereocenters. The largest absolute Gasteiger partial charge is 0.490 e. The zero-order valence-corrected chi connectivity index (χ0v) is 10.3. The molecule has 0 radical (unpaired) electrons. The molecule has 0 aliphatic carbocycles. The molecule has 0 aliphatic heterocycles. The van der Waals surface area contributed by atoms with E-state index < -0.39 is 0 Å². The van der Waals surface area contributed by atoms with Crippen molar-refractivity contribution in [1.82, 2.24) is 9.78 Å². The Bertz CT molecular complexity index is 510. The second-order valence-electron chi connectivity index (χ2n) is 3.82. The topological polar surface area (TPSA) is 53.1 Å². The Kier molecular flexibility index (Phi) is 3.54. The van der Waals surface area contributed by atoms with E-state index in [1.807, 2.05) is 25.1 Å². The molecule has 1 aromatic heterocycles. The Balaban J connectivity index is 1.91. The number of anilines is 1. The number of aryl methyl sites for hydroxylation is 1. The minimum atomic E-state index is 0.504. The summed E-state index contributed by atoms with van der Waals surface area (Å²) < 4.78 is 7.33. The quantitative estimate of drug-likeness (QED) is 0.908. The third-order valence-electron chi connectivity index (χ3n) is 2.32. The van der Waals surface area contributed by atoms with E-state index in [1.54, 1.807) is 17.1 Å². The summed E-state index contributed by atoms with van der Waals surface area (Å²) in [5, 5.41) is 4.69. The molecule has 1 aromatic carbocycles. The van der Waals surface area contributed by atoms with E-state index in [4.69, 9.17) is 22.1 Å². The van der Waals surface area contributed by atoms with Gasteiger partial charge in [0.15, 0.2) is 0 Å². The van der Waals surface area contributed by atoms with Gasteiger partial charge in [0.1, 0.15) is 12.4 Å². The Morgan fingerprint density at radius 3 is 3.00 bits per heavy atom. The molecule has 0 fully saturated rings. The van der Waals surface area contributed by atoms with Crippen LogP contribution in [-0.2, 0) is 6.54 Å². The van der Waals surface area contributed by atoms with Gasteiger partial charge in [-0.1, -0.05) is 17.7 Å². The van der Waals surface area contributed by atoms with Gasteiger partial charge in [-0.05, 0) is 24.6 Å². The number of ether oxygens (including phenoxy) is 1. The number of aromatic nitrogens is 2. The predicted octanol–water partition coefficient (Wildman–Crippen LogP) is 2.51. The molecule has 0 bridgehead atoms. The number of nitrogens with zero attached hydrogens (tertiary/aromatic N) is 2. The lowest BCUT2D eigenvalue weighted by Crippen LogP contribution is -2.08. The molecule has 0 atom stereocenters. The zero-order valence-electron chi connectivity index (χ0n) is 9.56. The minimum Gasteiger partial charge on any atom is -0.490 e. The van der Waals surface area contributed by atoms with E-state index in [0.29, 0.717) is 29.6 Å². The monoisotopic (exact) mass is 251 g/mol. The summed E-state index contributed by atoms with van der Waals surface area (Å²) in [7, 11) is 0. The molecule has 2 N–H and O–H groups in total. The molecular weight excluding hydrogens is 238 g/mol. The molecule has 2 aromatic rings. The van der Waals surface area contributed by atoms with Crippen LogP contribution in [0.3, 0.4) is 0 Å². The van der Waals surface area contributed by atoms with Gasteiger partial charge in [-0.15, -0.1) is 0 Å². The minimum absolute atomic E-state index is 0.504. The van der Waals surface area contributed by atoms with Gasteiger partial charge in [0.05, 0.1) is 23.5 Å². The van der Waals surface area contributed by atoms with E-state index >= 15 is 0 Å². The zero-order chi connectivity index (χ0) is 12.3. The van der Waals surface area contributed by atoms with Crippen LogP contribution >= 0.6 is 11.6 Å². The van der Waals surface area contributed by atoms with Crippen molar-refractivity contribution in [3.63, 3.8) is 0 Å². The van der Waals surface area contributed by atoms with E-state index in [1.165, 1.54) is 0 Å². The average Bonchev–Trinajstić information content (AvgIpc) is 2.69. The van der Waals surface area contributed by atoms with Crippen LogP contribution in [0.1, 0.15) is 5.56 Å². The molecule has 0 spiro atoms. The second-order valence-corrected chi connectivity index (χ2v) is 4.23. The van der Waals surface area contributed by atoms with Crippen LogP contribution in [0.4, 0.5) is 5.69 Å². The van der Waals surface area contributed by atoms with Gasteiger partial charge in [-0.2, -0.15) is 5.10 Å². The second kappa shape index (κ2) is 5.10. The van der Waals surface area contributed by atoms with Crippen molar-refractivity contribution in [2.45, 2.75) is 13.5 Å². The van der Waals surface area contributed by atoms with Gasteiger partial charge < -0.3 is 10.5 Å².